The molecular weight excluding hydrogens is 204 g/mol. The van der Waals surface area contributed by atoms with Crippen LogP contribution in [0.4, 0.5) is 0 Å². The van der Waals surface area contributed by atoms with E-state index in [9.17, 15) is 0 Å². The summed E-state index contributed by atoms with van der Waals surface area (Å²) in [6.07, 6.45) is 1.94. The van der Waals surface area contributed by atoms with Crippen molar-refractivity contribution in [2.24, 2.45) is 0 Å². The monoisotopic (exact) mass is 218 g/mol. The van der Waals surface area contributed by atoms with Crippen molar-refractivity contribution in [1.29, 1.82) is 0 Å². The topological polar surface area (TPSA) is 24.9 Å². The number of hydrogen-bond acceptors (Lipinski definition) is 3. The lowest BCUT2D eigenvalue weighted by molar-refractivity contribution is 0.638. The number of thiazole rings is 1. The Bertz CT molecular complexity index is 383. The van der Waals surface area contributed by atoms with Crippen LogP contribution in [-0.4, -0.2) is 11.5 Å². The van der Waals surface area contributed by atoms with Crippen LogP contribution in [0.25, 0.3) is 0 Å². The first kappa shape index (κ1) is 10.3. The third-order valence-corrected chi connectivity index (χ3v) is 3.12. The van der Waals surface area contributed by atoms with Gasteiger partial charge < -0.3 is 5.32 Å². The van der Waals surface area contributed by atoms with E-state index in [-0.39, 0.29) is 6.04 Å². The van der Waals surface area contributed by atoms with Gasteiger partial charge in [-0.05, 0) is 12.1 Å². The minimum absolute atomic E-state index is 0.281. The fourth-order valence-corrected chi connectivity index (χ4v) is 2.32. The van der Waals surface area contributed by atoms with E-state index in [0.29, 0.717) is 0 Å². The van der Waals surface area contributed by atoms with E-state index in [1.165, 1.54) is 10.4 Å². The van der Waals surface area contributed by atoms with Crippen molar-refractivity contribution >= 4 is 11.3 Å². The molecule has 1 aromatic heterocycles. The summed E-state index contributed by atoms with van der Waals surface area (Å²) in [6.45, 7) is 3.08. The Balaban J connectivity index is 2.28. The van der Waals surface area contributed by atoms with Gasteiger partial charge in [-0.15, -0.1) is 11.3 Å². The van der Waals surface area contributed by atoms with Crippen LogP contribution in [0.3, 0.4) is 0 Å². The smallest absolute Gasteiger partial charge is 0.0794 e. The van der Waals surface area contributed by atoms with Crippen LogP contribution in [0.5, 0.6) is 0 Å². The fraction of sp³-hybridized carbons (Fsp3) is 0.250. The predicted octanol–water partition coefficient (Wildman–Crippen LogP) is 2.84. The third kappa shape index (κ3) is 2.43. The molecule has 1 heterocycles. The molecular formula is C12H14N2S. The number of nitrogens with zero attached hydrogens (tertiary/aromatic N) is 1. The van der Waals surface area contributed by atoms with Gasteiger partial charge in [0, 0.05) is 11.1 Å². The summed E-state index contributed by atoms with van der Waals surface area (Å²) in [7, 11) is 0. The van der Waals surface area contributed by atoms with Gasteiger partial charge in [0.1, 0.15) is 0 Å². The molecule has 0 fully saturated rings. The van der Waals surface area contributed by atoms with Crippen LogP contribution < -0.4 is 5.32 Å². The van der Waals surface area contributed by atoms with Crippen molar-refractivity contribution in [3.8, 4) is 0 Å². The maximum absolute atomic E-state index is 4.13. The Labute approximate surface area is 94.0 Å². The quantitative estimate of drug-likeness (QED) is 0.853. The molecule has 0 aliphatic heterocycles. The van der Waals surface area contributed by atoms with Crippen molar-refractivity contribution in [2.45, 2.75) is 13.0 Å². The molecule has 1 atom stereocenters. The Kier molecular flexibility index (Phi) is 3.48. The molecule has 0 amide bonds. The normalized spacial score (nSPS) is 12.6. The van der Waals surface area contributed by atoms with Gasteiger partial charge in [0.05, 0.1) is 11.6 Å². The Hall–Kier alpha value is -1.19. The van der Waals surface area contributed by atoms with E-state index >= 15 is 0 Å². The van der Waals surface area contributed by atoms with Crippen LogP contribution in [-0.2, 0) is 0 Å². The average molecular weight is 218 g/mol. The van der Waals surface area contributed by atoms with E-state index in [1.807, 2.05) is 17.8 Å². The van der Waals surface area contributed by atoms with Crippen molar-refractivity contribution in [1.82, 2.24) is 10.3 Å². The number of rotatable bonds is 4. The summed E-state index contributed by atoms with van der Waals surface area (Å²) in [5.41, 5.74) is 3.17. The second-order valence-electron chi connectivity index (χ2n) is 3.31. The van der Waals surface area contributed by atoms with Gasteiger partial charge in [-0.2, -0.15) is 0 Å². The highest BCUT2D eigenvalue weighted by Crippen LogP contribution is 2.24. The minimum Gasteiger partial charge on any atom is -0.306 e. The Morgan fingerprint density at radius 2 is 2.13 bits per heavy atom. The SMILES string of the molecule is CCNC(c1ccccc1)c1cncs1. The number of nitrogens with one attached hydrogen (secondary N) is 1. The summed E-state index contributed by atoms with van der Waals surface area (Å²) >= 11 is 1.69. The molecule has 0 aliphatic rings. The van der Waals surface area contributed by atoms with E-state index in [1.54, 1.807) is 11.3 Å². The van der Waals surface area contributed by atoms with E-state index in [4.69, 9.17) is 0 Å². The minimum atomic E-state index is 0.281. The molecule has 78 valence electrons. The Morgan fingerprint density at radius 3 is 2.73 bits per heavy atom. The van der Waals surface area contributed by atoms with Crippen LogP contribution >= 0.6 is 11.3 Å². The van der Waals surface area contributed by atoms with Crippen LogP contribution in [0.1, 0.15) is 23.4 Å². The molecule has 0 spiro atoms. The maximum atomic E-state index is 4.13. The molecule has 1 N–H and O–H groups in total. The second kappa shape index (κ2) is 5.05. The summed E-state index contributed by atoms with van der Waals surface area (Å²) in [5, 5.41) is 3.47. The summed E-state index contributed by atoms with van der Waals surface area (Å²) in [4.78, 5) is 5.40. The molecule has 1 unspecified atom stereocenters. The van der Waals surface area contributed by atoms with Gasteiger partial charge in [0.25, 0.3) is 0 Å². The van der Waals surface area contributed by atoms with Crippen molar-refractivity contribution in [3.05, 3.63) is 52.5 Å². The largest absolute Gasteiger partial charge is 0.306 e. The standard InChI is InChI=1S/C12H14N2S/c1-2-14-12(11-8-13-9-15-11)10-6-4-3-5-7-10/h3-9,12,14H,2H2,1H3. The van der Waals surface area contributed by atoms with Crippen LogP contribution in [0.2, 0.25) is 0 Å². The van der Waals surface area contributed by atoms with Crippen molar-refractivity contribution < 1.29 is 0 Å². The third-order valence-electron chi connectivity index (χ3n) is 2.28. The van der Waals surface area contributed by atoms with Gasteiger partial charge in [-0.1, -0.05) is 37.3 Å². The van der Waals surface area contributed by atoms with Crippen LogP contribution in [0.15, 0.2) is 42.0 Å². The van der Waals surface area contributed by atoms with E-state index < -0.39 is 0 Å². The molecule has 3 heteroatoms. The predicted molar refractivity (Wildman–Crippen MR) is 64.1 cm³/mol. The molecule has 15 heavy (non-hydrogen) atoms. The lowest BCUT2D eigenvalue weighted by atomic mass is 10.1. The molecule has 0 radical (unpaired) electrons. The lowest BCUT2D eigenvalue weighted by Gasteiger charge is -2.16. The molecule has 2 aromatic rings. The number of aromatic nitrogens is 1. The van der Waals surface area contributed by atoms with Gasteiger partial charge in [-0.3, -0.25) is 4.98 Å². The van der Waals surface area contributed by atoms with Gasteiger partial charge in [0.2, 0.25) is 0 Å². The molecule has 0 aliphatic carbocycles. The van der Waals surface area contributed by atoms with Gasteiger partial charge >= 0.3 is 0 Å². The molecule has 2 rings (SSSR count). The number of hydrogen-bond donors (Lipinski definition) is 1. The maximum Gasteiger partial charge on any atom is 0.0794 e. The number of benzene rings is 1. The summed E-state index contributed by atoms with van der Waals surface area (Å²) in [6, 6.07) is 10.8. The van der Waals surface area contributed by atoms with Crippen molar-refractivity contribution in [2.75, 3.05) is 6.54 Å². The highest BCUT2D eigenvalue weighted by atomic mass is 32.1. The van der Waals surface area contributed by atoms with E-state index in [0.717, 1.165) is 6.54 Å². The average Bonchev–Trinajstić information content (AvgIpc) is 2.80. The molecule has 0 saturated heterocycles. The highest BCUT2D eigenvalue weighted by molar-refractivity contribution is 7.09. The fourth-order valence-electron chi connectivity index (χ4n) is 1.60. The van der Waals surface area contributed by atoms with E-state index in [2.05, 4.69) is 41.5 Å². The molecule has 2 nitrogen and oxygen atoms in total. The first-order chi connectivity index (χ1) is 7.42. The molecule has 1 aromatic carbocycles. The zero-order valence-corrected chi connectivity index (χ0v) is 9.50. The molecule has 0 saturated carbocycles. The second-order valence-corrected chi connectivity index (χ2v) is 4.22. The first-order valence-electron chi connectivity index (χ1n) is 5.08. The Morgan fingerprint density at radius 1 is 1.33 bits per heavy atom. The van der Waals surface area contributed by atoms with Gasteiger partial charge in [0.15, 0.2) is 0 Å². The highest BCUT2D eigenvalue weighted by Gasteiger charge is 2.13. The lowest BCUT2D eigenvalue weighted by Crippen LogP contribution is -2.20. The zero-order valence-electron chi connectivity index (χ0n) is 8.68. The first-order valence-corrected chi connectivity index (χ1v) is 5.96. The van der Waals surface area contributed by atoms with Crippen molar-refractivity contribution in [3.63, 3.8) is 0 Å². The molecule has 0 bridgehead atoms. The van der Waals surface area contributed by atoms with Gasteiger partial charge in [-0.25, -0.2) is 0 Å². The zero-order chi connectivity index (χ0) is 10.5. The van der Waals surface area contributed by atoms with Crippen LogP contribution in [0, 0.1) is 0 Å². The summed E-state index contributed by atoms with van der Waals surface area (Å²) in [5.74, 6) is 0. The summed E-state index contributed by atoms with van der Waals surface area (Å²) < 4.78 is 0.